The maximum atomic E-state index is 3.72. The van der Waals surface area contributed by atoms with Crippen LogP contribution >= 0.6 is 0 Å². The molecule has 0 amide bonds. The molecule has 2 rings (SSSR count). The molecule has 1 saturated carbocycles. The average Bonchev–Trinajstić information content (AvgIpc) is 2.67. The van der Waals surface area contributed by atoms with Gasteiger partial charge in [0.2, 0.25) is 0 Å². The molecule has 0 aliphatic heterocycles. The number of hydrogen-bond acceptors (Lipinski definition) is 1. The SMILES string of the molecule is Cc1ccc(C)c(C2CCCCCC2CNCC(C)C)c1. The van der Waals surface area contributed by atoms with Crippen molar-refractivity contribution in [1.29, 1.82) is 0 Å². The fourth-order valence-electron chi connectivity index (χ4n) is 3.75. The normalized spacial score (nSPS) is 23.3. The smallest absolute Gasteiger partial charge is 0.00146 e. The highest BCUT2D eigenvalue weighted by Gasteiger charge is 2.26. The van der Waals surface area contributed by atoms with E-state index < -0.39 is 0 Å². The largest absolute Gasteiger partial charge is 0.316 e. The quantitative estimate of drug-likeness (QED) is 0.733. The predicted molar refractivity (Wildman–Crippen MR) is 92.9 cm³/mol. The van der Waals surface area contributed by atoms with Crippen molar-refractivity contribution in [2.45, 2.75) is 65.7 Å². The lowest BCUT2D eigenvalue weighted by Gasteiger charge is -2.28. The highest BCUT2D eigenvalue weighted by atomic mass is 14.9. The summed E-state index contributed by atoms with van der Waals surface area (Å²) in [5.74, 6) is 2.31. The second-order valence-electron chi connectivity index (χ2n) is 7.42. The Morgan fingerprint density at radius 2 is 1.86 bits per heavy atom. The second kappa shape index (κ2) is 7.98. The van der Waals surface area contributed by atoms with Crippen LogP contribution in [0.5, 0.6) is 0 Å². The van der Waals surface area contributed by atoms with Crippen LogP contribution in [0.1, 0.15) is 68.6 Å². The molecule has 1 fully saturated rings. The Kier molecular flexibility index (Phi) is 6.29. The van der Waals surface area contributed by atoms with E-state index >= 15 is 0 Å². The Hall–Kier alpha value is -0.820. The van der Waals surface area contributed by atoms with Crippen molar-refractivity contribution in [2.24, 2.45) is 11.8 Å². The molecule has 0 heterocycles. The second-order valence-corrected chi connectivity index (χ2v) is 7.42. The molecule has 1 N–H and O–H groups in total. The lowest BCUT2D eigenvalue weighted by molar-refractivity contribution is 0.365. The topological polar surface area (TPSA) is 12.0 Å². The first-order valence-corrected chi connectivity index (χ1v) is 8.85. The molecule has 0 aromatic heterocycles. The Morgan fingerprint density at radius 3 is 2.62 bits per heavy atom. The molecule has 0 radical (unpaired) electrons. The van der Waals surface area contributed by atoms with Gasteiger partial charge in [0.25, 0.3) is 0 Å². The van der Waals surface area contributed by atoms with Gasteiger partial charge in [-0.3, -0.25) is 0 Å². The minimum Gasteiger partial charge on any atom is -0.316 e. The summed E-state index contributed by atoms with van der Waals surface area (Å²) in [7, 11) is 0. The molecule has 21 heavy (non-hydrogen) atoms. The first kappa shape index (κ1) is 16.5. The molecule has 2 unspecified atom stereocenters. The molecule has 0 bridgehead atoms. The van der Waals surface area contributed by atoms with Gasteiger partial charge < -0.3 is 5.32 Å². The van der Waals surface area contributed by atoms with Crippen molar-refractivity contribution < 1.29 is 0 Å². The van der Waals surface area contributed by atoms with Gasteiger partial charge in [0.15, 0.2) is 0 Å². The molecule has 2 atom stereocenters. The summed E-state index contributed by atoms with van der Waals surface area (Å²) in [5.41, 5.74) is 4.52. The Morgan fingerprint density at radius 1 is 1.10 bits per heavy atom. The van der Waals surface area contributed by atoms with E-state index in [1.54, 1.807) is 5.56 Å². The van der Waals surface area contributed by atoms with Crippen LogP contribution in [0, 0.1) is 25.7 Å². The van der Waals surface area contributed by atoms with E-state index in [0.717, 1.165) is 24.3 Å². The van der Waals surface area contributed by atoms with Crippen LogP contribution in [0.3, 0.4) is 0 Å². The summed E-state index contributed by atoms with van der Waals surface area (Å²) in [6.45, 7) is 11.4. The van der Waals surface area contributed by atoms with Gasteiger partial charge in [-0.25, -0.2) is 0 Å². The molecule has 1 aliphatic rings. The molecule has 118 valence electrons. The van der Waals surface area contributed by atoms with Gasteiger partial charge >= 0.3 is 0 Å². The number of rotatable bonds is 5. The van der Waals surface area contributed by atoms with Crippen LogP contribution < -0.4 is 5.32 Å². The monoisotopic (exact) mass is 287 g/mol. The van der Waals surface area contributed by atoms with Crippen LogP contribution in [0.4, 0.5) is 0 Å². The van der Waals surface area contributed by atoms with Crippen LogP contribution in [-0.4, -0.2) is 13.1 Å². The highest BCUT2D eigenvalue weighted by Crippen LogP contribution is 2.38. The highest BCUT2D eigenvalue weighted by molar-refractivity contribution is 5.34. The van der Waals surface area contributed by atoms with Crippen molar-refractivity contribution in [3.63, 3.8) is 0 Å². The van der Waals surface area contributed by atoms with Crippen molar-refractivity contribution in [3.8, 4) is 0 Å². The lowest BCUT2D eigenvalue weighted by atomic mass is 9.80. The maximum Gasteiger partial charge on any atom is -0.00146 e. The number of aryl methyl sites for hydroxylation is 2. The molecule has 0 spiro atoms. The van der Waals surface area contributed by atoms with Gasteiger partial charge in [0.05, 0.1) is 0 Å². The van der Waals surface area contributed by atoms with Gasteiger partial charge in [-0.2, -0.15) is 0 Å². The maximum absolute atomic E-state index is 3.72. The van der Waals surface area contributed by atoms with Crippen LogP contribution in [0.25, 0.3) is 0 Å². The Balaban J connectivity index is 2.13. The summed E-state index contributed by atoms with van der Waals surface area (Å²) in [4.78, 5) is 0. The third-order valence-electron chi connectivity index (χ3n) is 4.95. The first-order chi connectivity index (χ1) is 10.1. The molecule has 1 aliphatic carbocycles. The van der Waals surface area contributed by atoms with E-state index in [2.05, 4.69) is 51.2 Å². The van der Waals surface area contributed by atoms with Gasteiger partial charge in [0, 0.05) is 0 Å². The minimum atomic E-state index is 0.745. The molecule has 1 aromatic carbocycles. The van der Waals surface area contributed by atoms with Crippen LogP contribution in [-0.2, 0) is 0 Å². The lowest BCUT2D eigenvalue weighted by Crippen LogP contribution is -2.29. The van der Waals surface area contributed by atoms with Gasteiger partial charge in [0.1, 0.15) is 0 Å². The van der Waals surface area contributed by atoms with E-state index in [4.69, 9.17) is 0 Å². The first-order valence-electron chi connectivity index (χ1n) is 8.85. The fourth-order valence-corrected chi connectivity index (χ4v) is 3.75. The van der Waals surface area contributed by atoms with E-state index in [1.807, 2.05) is 0 Å². The standard InChI is InChI=1S/C20H33N/c1-15(2)13-21-14-18-8-6-5-7-9-19(18)20-12-16(3)10-11-17(20)4/h10-12,15,18-19,21H,5-9,13-14H2,1-4H3. The Labute approximate surface area is 131 Å². The number of nitrogens with one attached hydrogen (secondary N) is 1. The van der Waals surface area contributed by atoms with E-state index in [0.29, 0.717) is 0 Å². The molecule has 1 heteroatoms. The van der Waals surface area contributed by atoms with Gasteiger partial charge in [-0.15, -0.1) is 0 Å². The fraction of sp³-hybridized carbons (Fsp3) is 0.700. The number of benzene rings is 1. The van der Waals surface area contributed by atoms with Gasteiger partial charge in [-0.05, 0) is 68.7 Å². The molecular weight excluding hydrogens is 254 g/mol. The molecule has 1 aromatic rings. The minimum absolute atomic E-state index is 0.745. The average molecular weight is 287 g/mol. The summed E-state index contributed by atoms with van der Waals surface area (Å²) in [6.07, 6.45) is 7.00. The van der Waals surface area contributed by atoms with Crippen molar-refractivity contribution in [1.82, 2.24) is 5.32 Å². The van der Waals surface area contributed by atoms with Crippen molar-refractivity contribution in [2.75, 3.05) is 13.1 Å². The van der Waals surface area contributed by atoms with Gasteiger partial charge in [-0.1, -0.05) is 56.9 Å². The van der Waals surface area contributed by atoms with Crippen LogP contribution in [0.2, 0.25) is 0 Å². The zero-order valence-corrected chi connectivity index (χ0v) is 14.4. The summed E-state index contributed by atoms with van der Waals surface area (Å²) in [5, 5.41) is 3.72. The molecule has 1 nitrogen and oxygen atoms in total. The Bertz CT molecular complexity index is 435. The van der Waals surface area contributed by atoms with E-state index in [9.17, 15) is 0 Å². The molecular formula is C20H33N. The predicted octanol–water partition coefficient (Wildman–Crippen LogP) is 5.21. The zero-order valence-electron chi connectivity index (χ0n) is 14.4. The van der Waals surface area contributed by atoms with Crippen molar-refractivity contribution >= 4 is 0 Å². The van der Waals surface area contributed by atoms with E-state index in [1.165, 1.54) is 49.8 Å². The summed E-state index contributed by atoms with van der Waals surface area (Å²) in [6, 6.07) is 7.01. The third-order valence-corrected chi connectivity index (χ3v) is 4.95. The van der Waals surface area contributed by atoms with Crippen molar-refractivity contribution in [3.05, 3.63) is 34.9 Å². The summed E-state index contributed by atoms with van der Waals surface area (Å²) >= 11 is 0. The van der Waals surface area contributed by atoms with E-state index in [-0.39, 0.29) is 0 Å². The molecule has 0 saturated heterocycles. The van der Waals surface area contributed by atoms with Crippen LogP contribution in [0.15, 0.2) is 18.2 Å². The third kappa shape index (κ3) is 4.85. The number of hydrogen-bond donors (Lipinski definition) is 1. The zero-order chi connectivity index (χ0) is 15.2. The summed E-state index contributed by atoms with van der Waals surface area (Å²) < 4.78 is 0.